The van der Waals surface area contributed by atoms with E-state index >= 15 is 0 Å². The molecule has 13 heteroatoms. The Morgan fingerprint density at radius 3 is 2.29 bits per heavy atom. The monoisotopic (exact) mass is 481 g/mol. The van der Waals surface area contributed by atoms with E-state index < -0.39 is 23.4 Å². The summed E-state index contributed by atoms with van der Waals surface area (Å²) >= 11 is 0. The minimum absolute atomic E-state index is 0.0665. The minimum Gasteiger partial charge on any atom is -0.369 e. The van der Waals surface area contributed by atoms with Crippen LogP contribution in [0.25, 0.3) is 11.3 Å². The van der Waals surface area contributed by atoms with Crippen molar-refractivity contribution in [2.24, 2.45) is 10.7 Å². The molecule has 35 heavy (non-hydrogen) atoms. The number of benzene rings is 2. The Labute approximate surface area is 196 Å². The maximum Gasteiger partial charge on any atom is 0.433 e. The molecule has 4 aromatic rings. The van der Waals surface area contributed by atoms with Crippen molar-refractivity contribution in [3.05, 3.63) is 88.8 Å². The van der Waals surface area contributed by atoms with Crippen LogP contribution in [0, 0.1) is 0 Å². The molecule has 0 aliphatic heterocycles. The molecule has 0 saturated heterocycles. The zero-order valence-electron chi connectivity index (χ0n) is 17.9. The maximum atomic E-state index is 13.1. The zero-order valence-corrected chi connectivity index (χ0v) is 17.9. The van der Waals surface area contributed by atoms with Crippen molar-refractivity contribution in [2.75, 3.05) is 16.5 Å². The highest BCUT2D eigenvalue weighted by molar-refractivity contribution is 5.97. The Bertz CT molecular complexity index is 1420. The van der Waals surface area contributed by atoms with Gasteiger partial charge in [-0.3, -0.25) is 4.79 Å². The van der Waals surface area contributed by atoms with Crippen LogP contribution in [-0.4, -0.2) is 25.8 Å². The van der Waals surface area contributed by atoms with E-state index in [1.165, 1.54) is 6.07 Å². The summed E-state index contributed by atoms with van der Waals surface area (Å²) in [6.45, 7) is 0. The van der Waals surface area contributed by atoms with Gasteiger partial charge in [-0.15, -0.1) is 10.2 Å². The lowest BCUT2D eigenvalue weighted by molar-refractivity contribution is -0.141. The number of nitrogens with two attached hydrogens (primary N) is 2. The van der Waals surface area contributed by atoms with Gasteiger partial charge in [0.25, 0.3) is 5.56 Å². The second kappa shape index (κ2) is 9.51. The minimum atomic E-state index is -4.82. The molecule has 0 aliphatic rings. The topological polar surface area (TPSA) is 149 Å². The second-order valence-electron chi connectivity index (χ2n) is 7.11. The maximum absolute atomic E-state index is 13.1. The number of rotatable bonds is 5. The molecule has 2 heterocycles. The number of nitrogens with zero attached hydrogens (tertiary/aromatic N) is 5. The normalized spacial score (nSPS) is 11.8. The summed E-state index contributed by atoms with van der Waals surface area (Å²) in [4.78, 5) is 19.4. The van der Waals surface area contributed by atoms with Gasteiger partial charge in [0.15, 0.2) is 17.5 Å². The van der Waals surface area contributed by atoms with E-state index in [1.54, 1.807) is 30.3 Å². The molecular formula is C22H18F3N9O. The van der Waals surface area contributed by atoms with Crippen molar-refractivity contribution in [3.8, 4) is 11.3 Å². The molecule has 178 valence electrons. The molecule has 0 fully saturated rings. The first-order valence-electron chi connectivity index (χ1n) is 10.0. The van der Waals surface area contributed by atoms with Crippen LogP contribution >= 0.6 is 0 Å². The number of nitrogen functional groups attached to an aromatic ring is 1. The van der Waals surface area contributed by atoms with Crippen molar-refractivity contribution in [1.29, 1.82) is 0 Å². The first-order chi connectivity index (χ1) is 16.7. The van der Waals surface area contributed by atoms with Crippen molar-refractivity contribution in [3.63, 3.8) is 0 Å². The Hall–Kier alpha value is -4.94. The number of guanidine groups is 1. The molecule has 10 nitrogen and oxygen atoms in total. The zero-order chi connectivity index (χ0) is 25.0. The summed E-state index contributed by atoms with van der Waals surface area (Å²) in [6.07, 6.45) is -4.82. The van der Waals surface area contributed by atoms with Gasteiger partial charge in [-0.1, -0.05) is 42.5 Å². The highest BCUT2D eigenvalue weighted by atomic mass is 19.4. The molecule has 0 radical (unpaired) electrons. The molecule has 0 unspecified atom stereocenters. The lowest BCUT2D eigenvalue weighted by Gasteiger charge is -2.15. The molecule has 0 spiro atoms. The average molecular weight is 481 g/mol. The number of hydrogen-bond donors (Lipinski definition) is 4. The highest BCUT2D eigenvalue weighted by Gasteiger charge is 2.34. The van der Waals surface area contributed by atoms with Gasteiger partial charge in [0.2, 0.25) is 5.95 Å². The summed E-state index contributed by atoms with van der Waals surface area (Å²) in [6, 6.07) is 19.5. The fraction of sp³-hybridized carbons (Fsp3) is 0.0455. The van der Waals surface area contributed by atoms with E-state index in [-0.39, 0.29) is 17.5 Å². The third-order valence-corrected chi connectivity index (χ3v) is 4.63. The summed E-state index contributed by atoms with van der Waals surface area (Å²) in [7, 11) is 0. The number of anilines is 3. The molecule has 0 saturated carbocycles. The molecular weight excluding hydrogens is 463 g/mol. The number of nitrogens with one attached hydrogen (secondary N) is 2. The predicted octanol–water partition coefficient (Wildman–Crippen LogP) is 3.23. The number of hydrogen-bond acceptors (Lipinski definition) is 7. The Kier molecular flexibility index (Phi) is 6.31. The average Bonchev–Trinajstić information content (AvgIpc) is 2.83. The van der Waals surface area contributed by atoms with Crippen LogP contribution in [0.15, 0.2) is 82.6 Å². The Morgan fingerprint density at radius 2 is 1.63 bits per heavy atom. The Morgan fingerprint density at radius 1 is 0.943 bits per heavy atom. The molecule has 0 amide bonds. The van der Waals surface area contributed by atoms with Crippen LogP contribution in [-0.2, 0) is 6.18 Å². The summed E-state index contributed by atoms with van der Waals surface area (Å²) in [5.41, 5.74) is 5.64. The number of aliphatic imine (C=N–C) groups is 1. The van der Waals surface area contributed by atoms with E-state index in [0.717, 1.165) is 5.56 Å². The SMILES string of the molecule is NC(=Nc1ccc(-c2ccccc2)nn1)Nc1ccccc1Nc1nc(C(F)(F)F)cc(=O)n1N. The van der Waals surface area contributed by atoms with Crippen molar-refractivity contribution in [2.45, 2.75) is 6.18 Å². The van der Waals surface area contributed by atoms with Gasteiger partial charge in [0.1, 0.15) is 0 Å². The van der Waals surface area contributed by atoms with E-state index in [1.807, 2.05) is 30.3 Å². The van der Waals surface area contributed by atoms with E-state index in [2.05, 4.69) is 30.8 Å². The number of aromatic nitrogens is 4. The summed E-state index contributed by atoms with van der Waals surface area (Å²) in [5, 5.41) is 13.6. The quantitative estimate of drug-likeness (QED) is 0.193. The second-order valence-corrected chi connectivity index (χ2v) is 7.11. The number of alkyl halides is 3. The molecule has 4 rings (SSSR count). The smallest absolute Gasteiger partial charge is 0.369 e. The molecule has 2 aromatic heterocycles. The van der Waals surface area contributed by atoms with Crippen molar-refractivity contribution >= 4 is 29.1 Å². The Balaban J connectivity index is 1.56. The molecule has 0 atom stereocenters. The summed E-state index contributed by atoms with van der Waals surface area (Å²) in [5.74, 6) is 5.23. The van der Waals surface area contributed by atoms with Crippen molar-refractivity contribution in [1.82, 2.24) is 19.9 Å². The fourth-order valence-electron chi connectivity index (χ4n) is 2.98. The van der Waals surface area contributed by atoms with Crippen LogP contribution in [0.4, 0.5) is 36.3 Å². The molecule has 0 aliphatic carbocycles. The largest absolute Gasteiger partial charge is 0.433 e. The number of halogens is 3. The molecule has 0 bridgehead atoms. The van der Waals surface area contributed by atoms with Gasteiger partial charge in [0, 0.05) is 11.6 Å². The lowest BCUT2D eigenvalue weighted by Crippen LogP contribution is -2.32. The van der Waals surface area contributed by atoms with Crippen molar-refractivity contribution < 1.29 is 13.2 Å². The standard InChI is InChI=1S/C22H18F3N9O/c23-22(24,25)17-12-19(35)34(27)21(30-17)29-16-9-5-4-8-15(16)28-20(26)31-18-11-10-14(32-33-18)13-6-2-1-3-7-13/h1-12H,27H2,(H,29,30)(H3,26,28,31,33). The first kappa shape index (κ1) is 23.2. The van der Waals surface area contributed by atoms with E-state index in [0.29, 0.717) is 22.1 Å². The van der Waals surface area contributed by atoms with Gasteiger partial charge >= 0.3 is 6.18 Å². The third-order valence-electron chi connectivity index (χ3n) is 4.63. The predicted molar refractivity (Wildman–Crippen MR) is 126 cm³/mol. The number of para-hydroxylation sites is 2. The highest BCUT2D eigenvalue weighted by Crippen LogP contribution is 2.29. The third kappa shape index (κ3) is 5.52. The van der Waals surface area contributed by atoms with E-state index in [9.17, 15) is 18.0 Å². The molecule has 6 N–H and O–H groups in total. The summed E-state index contributed by atoms with van der Waals surface area (Å²) < 4.78 is 39.7. The van der Waals surface area contributed by atoms with Crippen LogP contribution in [0.2, 0.25) is 0 Å². The van der Waals surface area contributed by atoms with Gasteiger partial charge in [0.05, 0.1) is 17.1 Å². The fourth-order valence-corrected chi connectivity index (χ4v) is 2.98. The van der Waals surface area contributed by atoms with Crippen LogP contribution in [0.3, 0.4) is 0 Å². The van der Waals surface area contributed by atoms with Gasteiger partial charge < -0.3 is 22.2 Å². The van der Waals surface area contributed by atoms with E-state index in [4.69, 9.17) is 11.6 Å². The van der Waals surface area contributed by atoms with Gasteiger partial charge in [-0.05, 0) is 24.3 Å². The van der Waals surface area contributed by atoms with Gasteiger partial charge in [-0.25, -0.2) is 4.98 Å². The van der Waals surface area contributed by atoms with Crippen LogP contribution < -0.4 is 27.8 Å². The van der Waals surface area contributed by atoms with Crippen LogP contribution in [0.5, 0.6) is 0 Å². The van der Waals surface area contributed by atoms with Gasteiger partial charge in [-0.2, -0.15) is 22.8 Å². The van der Waals surface area contributed by atoms with Crippen LogP contribution in [0.1, 0.15) is 5.69 Å². The first-order valence-corrected chi connectivity index (χ1v) is 10.0. The molecule has 2 aromatic carbocycles. The lowest BCUT2D eigenvalue weighted by atomic mass is 10.1.